The largest absolute Gasteiger partial charge is 0.381 e. The molecular formula is C14H16N4OS2. The number of rotatable bonds is 4. The van der Waals surface area contributed by atoms with Crippen LogP contribution in [0, 0.1) is 5.92 Å². The van der Waals surface area contributed by atoms with E-state index in [4.69, 9.17) is 4.74 Å². The Morgan fingerprint density at radius 3 is 3.05 bits per heavy atom. The van der Waals surface area contributed by atoms with Crippen LogP contribution in [0.5, 0.6) is 0 Å². The molecule has 21 heavy (non-hydrogen) atoms. The number of ether oxygens (including phenoxy) is 1. The SMILES string of the molecule is c1cc(-c2cn3nc(NCC4CCOCC4)sc3n2)cs1. The standard InChI is InChI=1S/C14H16N4OS2/c1-4-19-5-2-10(1)7-15-13-17-18-8-12(16-14(18)21-13)11-3-6-20-9-11/h3,6,8-10H,1-2,4-5,7H2,(H,15,17). The molecule has 0 aliphatic carbocycles. The van der Waals surface area contributed by atoms with Crippen molar-refractivity contribution in [3.8, 4) is 11.3 Å². The van der Waals surface area contributed by atoms with E-state index < -0.39 is 0 Å². The van der Waals surface area contributed by atoms with Crippen LogP contribution >= 0.6 is 22.7 Å². The smallest absolute Gasteiger partial charge is 0.214 e. The molecule has 1 aliphatic heterocycles. The van der Waals surface area contributed by atoms with Gasteiger partial charge in [0.05, 0.1) is 11.9 Å². The lowest BCUT2D eigenvalue weighted by molar-refractivity contribution is 0.0699. The second-order valence-corrected chi connectivity index (χ2v) is 6.95. The van der Waals surface area contributed by atoms with Crippen LogP contribution in [0.3, 0.4) is 0 Å². The molecule has 110 valence electrons. The summed E-state index contributed by atoms with van der Waals surface area (Å²) in [5.41, 5.74) is 2.15. The van der Waals surface area contributed by atoms with Gasteiger partial charge in [-0.05, 0) is 30.2 Å². The maximum absolute atomic E-state index is 5.38. The molecular weight excluding hydrogens is 304 g/mol. The predicted octanol–water partition coefficient (Wildman–Crippen LogP) is 3.36. The van der Waals surface area contributed by atoms with Gasteiger partial charge >= 0.3 is 0 Å². The molecule has 4 heterocycles. The van der Waals surface area contributed by atoms with E-state index in [2.05, 4.69) is 32.2 Å². The molecule has 0 unspecified atom stereocenters. The molecule has 0 aromatic carbocycles. The molecule has 3 aromatic heterocycles. The van der Waals surface area contributed by atoms with Gasteiger partial charge in [0.25, 0.3) is 0 Å². The summed E-state index contributed by atoms with van der Waals surface area (Å²) in [5.74, 6) is 0.691. The topological polar surface area (TPSA) is 51.5 Å². The molecule has 0 radical (unpaired) electrons. The molecule has 0 bridgehead atoms. The highest BCUT2D eigenvalue weighted by Crippen LogP contribution is 2.26. The van der Waals surface area contributed by atoms with Crippen LogP contribution in [0.15, 0.2) is 23.0 Å². The summed E-state index contributed by atoms with van der Waals surface area (Å²) in [6, 6.07) is 2.08. The van der Waals surface area contributed by atoms with Crippen molar-refractivity contribution in [1.29, 1.82) is 0 Å². The van der Waals surface area contributed by atoms with Crippen molar-refractivity contribution in [2.75, 3.05) is 25.1 Å². The van der Waals surface area contributed by atoms with Gasteiger partial charge in [0.1, 0.15) is 0 Å². The van der Waals surface area contributed by atoms with Crippen LogP contribution < -0.4 is 5.32 Å². The second kappa shape index (κ2) is 5.75. The first kappa shape index (κ1) is 13.2. The Morgan fingerprint density at radius 1 is 1.38 bits per heavy atom. The van der Waals surface area contributed by atoms with E-state index in [0.717, 1.165) is 53.9 Å². The number of imidazole rings is 1. The van der Waals surface area contributed by atoms with E-state index in [0.29, 0.717) is 5.92 Å². The average molecular weight is 320 g/mol. The number of hydrogen-bond acceptors (Lipinski definition) is 6. The quantitative estimate of drug-likeness (QED) is 0.801. The first-order chi connectivity index (χ1) is 10.4. The number of thiophene rings is 1. The Labute approximate surface area is 130 Å². The van der Waals surface area contributed by atoms with Gasteiger partial charge in [-0.3, -0.25) is 0 Å². The van der Waals surface area contributed by atoms with E-state index >= 15 is 0 Å². The summed E-state index contributed by atoms with van der Waals surface area (Å²) >= 11 is 3.29. The summed E-state index contributed by atoms with van der Waals surface area (Å²) in [6.45, 7) is 2.74. The monoisotopic (exact) mass is 320 g/mol. The van der Waals surface area contributed by atoms with Crippen LogP contribution in [0.4, 0.5) is 5.13 Å². The lowest BCUT2D eigenvalue weighted by atomic mass is 10.0. The third-order valence-electron chi connectivity index (χ3n) is 3.74. The highest BCUT2D eigenvalue weighted by Gasteiger charge is 2.15. The normalized spacial score (nSPS) is 16.6. The van der Waals surface area contributed by atoms with Crippen LogP contribution in [-0.4, -0.2) is 34.4 Å². The molecule has 0 amide bonds. The number of hydrogen-bond donors (Lipinski definition) is 1. The Kier molecular flexibility index (Phi) is 3.62. The zero-order chi connectivity index (χ0) is 14.1. The van der Waals surface area contributed by atoms with Crippen LogP contribution in [0.1, 0.15) is 12.8 Å². The molecule has 1 fully saturated rings. The second-order valence-electron chi connectivity index (χ2n) is 5.21. The van der Waals surface area contributed by atoms with Gasteiger partial charge < -0.3 is 10.1 Å². The maximum atomic E-state index is 5.38. The van der Waals surface area contributed by atoms with Crippen molar-refractivity contribution in [2.24, 2.45) is 5.92 Å². The summed E-state index contributed by atoms with van der Waals surface area (Å²) in [6.07, 6.45) is 4.27. The minimum Gasteiger partial charge on any atom is -0.381 e. The van der Waals surface area contributed by atoms with Crippen LogP contribution in [0.25, 0.3) is 16.2 Å². The number of nitrogens with one attached hydrogen (secondary N) is 1. The fourth-order valence-electron chi connectivity index (χ4n) is 2.50. The van der Waals surface area contributed by atoms with Crippen molar-refractivity contribution in [3.63, 3.8) is 0 Å². The summed E-state index contributed by atoms with van der Waals surface area (Å²) < 4.78 is 7.25. The van der Waals surface area contributed by atoms with Crippen molar-refractivity contribution in [2.45, 2.75) is 12.8 Å². The van der Waals surface area contributed by atoms with Gasteiger partial charge in [-0.25, -0.2) is 9.50 Å². The molecule has 1 saturated heterocycles. The van der Waals surface area contributed by atoms with E-state index in [1.165, 1.54) is 0 Å². The summed E-state index contributed by atoms with van der Waals surface area (Å²) in [5, 5.41) is 13.1. The number of nitrogens with zero attached hydrogens (tertiary/aromatic N) is 3. The predicted molar refractivity (Wildman–Crippen MR) is 86.2 cm³/mol. The van der Waals surface area contributed by atoms with E-state index in [1.54, 1.807) is 22.7 Å². The Balaban J connectivity index is 1.46. The van der Waals surface area contributed by atoms with Gasteiger partial charge in [-0.1, -0.05) is 11.3 Å². The van der Waals surface area contributed by atoms with E-state index in [-0.39, 0.29) is 0 Å². The minimum absolute atomic E-state index is 0.691. The summed E-state index contributed by atoms with van der Waals surface area (Å²) in [4.78, 5) is 5.57. The third kappa shape index (κ3) is 2.81. The van der Waals surface area contributed by atoms with Crippen molar-refractivity contribution >= 4 is 32.8 Å². The third-order valence-corrected chi connectivity index (χ3v) is 5.31. The highest BCUT2D eigenvalue weighted by molar-refractivity contribution is 7.20. The Bertz CT molecular complexity index is 681. The van der Waals surface area contributed by atoms with Gasteiger partial charge in [-0.2, -0.15) is 11.3 Å². The molecule has 1 N–H and O–H groups in total. The lowest BCUT2D eigenvalue weighted by Crippen LogP contribution is -2.22. The van der Waals surface area contributed by atoms with E-state index in [1.807, 2.05) is 10.7 Å². The van der Waals surface area contributed by atoms with Crippen molar-refractivity contribution < 1.29 is 4.74 Å². The average Bonchev–Trinajstić information content (AvgIpc) is 3.21. The Hall–Kier alpha value is -1.44. The van der Waals surface area contributed by atoms with Gasteiger partial charge in [-0.15, -0.1) is 5.10 Å². The molecule has 3 aromatic rings. The van der Waals surface area contributed by atoms with Gasteiger partial charge in [0.15, 0.2) is 0 Å². The summed E-state index contributed by atoms with van der Waals surface area (Å²) in [7, 11) is 0. The first-order valence-corrected chi connectivity index (χ1v) is 8.85. The fourth-order valence-corrected chi connectivity index (χ4v) is 3.94. The minimum atomic E-state index is 0.691. The van der Waals surface area contributed by atoms with E-state index in [9.17, 15) is 0 Å². The molecule has 7 heteroatoms. The maximum Gasteiger partial charge on any atom is 0.214 e. The Morgan fingerprint density at radius 2 is 2.29 bits per heavy atom. The highest BCUT2D eigenvalue weighted by atomic mass is 32.1. The molecule has 0 spiro atoms. The number of aromatic nitrogens is 3. The van der Waals surface area contributed by atoms with Crippen molar-refractivity contribution in [1.82, 2.24) is 14.6 Å². The molecule has 1 aliphatic rings. The van der Waals surface area contributed by atoms with Crippen LogP contribution in [-0.2, 0) is 4.74 Å². The van der Waals surface area contributed by atoms with Gasteiger partial charge in [0, 0.05) is 30.7 Å². The fraction of sp³-hybridized carbons (Fsp3) is 0.429. The van der Waals surface area contributed by atoms with Gasteiger partial charge in [0.2, 0.25) is 10.1 Å². The molecule has 4 rings (SSSR count). The first-order valence-electron chi connectivity index (χ1n) is 7.09. The molecule has 0 atom stereocenters. The number of anilines is 1. The zero-order valence-corrected chi connectivity index (χ0v) is 13.1. The lowest BCUT2D eigenvalue weighted by Gasteiger charge is -2.21. The van der Waals surface area contributed by atoms with Crippen LogP contribution in [0.2, 0.25) is 0 Å². The molecule has 0 saturated carbocycles. The molecule has 5 nitrogen and oxygen atoms in total. The number of fused-ring (bicyclic) bond motifs is 1. The van der Waals surface area contributed by atoms with Crippen molar-refractivity contribution in [3.05, 3.63) is 23.0 Å². The zero-order valence-electron chi connectivity index (χ0n) is 11.5.